The molecule has 2 aromatic rings. The number of benzene rings is 2. The van der Waals surface area contributed by atoms with E-state index in [-0.39, 0.29) is 5.75 Å². The molecular formula is C20H27N3O2. The maximum atomic E-state index is 9.63. The molecule has 0 saturated heterocycles. The molecule has 4 N–H and O–H groups in total. The molecule has 0 unspecified atom stereocenters. The Labute approximate surface area is 149 Å². The highest BCUT2D eigenvalue weighted by molar-refractivity contribution is 5.93. The number of para-hydroxylation sites is 1. The van der Waals surface area contributed by atoms with Gasteiger partial charge < -0.3 is 20.9 Å². The molecule has 134 valence electrons. The van der Waals surface area contributed by atoms with Gasteiger partial charge in [0.05, 0.1) is 7.11 Å². The summed E-state index contributed by atoms with van der Waals surface area (Å²) in [5.41, 5.74) is 10.7. The summed E-state index contributed by atoms with van der Waals surface area (Å²) < 4.78 is 5.12. The van der Waals surface area contributed by atoms with Crippen molar-refractivity contribution < 1.29 is 9.84 Å². The second kappa shape index (κ2) is 8.97. The monoisotopic (exact) mass is 341 g/mol. The van der Waals surface area contributed by atoms with Crippen LogP contribution >= 0.6 is 0 Å². The van der Waals surface area contributed by atoms with E-state index >= 15 is 0 Å². The van der Waals surface area contributed by atoms with Gasteiger partial charge in [0.15, 0.2) is 17.5 Å². The first kappa shape index (κ1) is 18.6. The van der Waals surface area contributed by atoms with E-state index in [9.17, 15) is 5.11 Å². The van der Waals surface area contributed by atoms with Crippen LogP contribution in [0.15, 0.2) is 41.4 Å². The van der Waals surface area contributed by atoms with Crippen LogP contribution in [0.3, 0.4) is 0 Å². The van der Waals surface area contributed by atoms with E-state index in [4.69, 9.17) is 10.5 Å². The van der Waals surface area contributed by atoms with Crippen LogP contribution in [0, 0.1) is 0 Å². The van der Waals surface area contributed by atoms with E-state index in [2.05, 4.69) is 42.4 Å². The van der Waals surface area contributed by atoms with Gasteiger partial charge in [-0.1, -0.05) is 38.1 Å². The molecule has 2 aromatic carbocycles. The lowest BCUT2D eigenvalue weighted by Crippen LogP contribution is -2.24. The number of phenols is 1. The molecule has 0 atom stereocenters. The quantitative estimate of drug-likeness (QED) is 0.532. The zero-order valence-electron chi connectivity index (χ0n) is 15.2. The Balaban J connectivity index is 2.03. The Morgan fingerprint density at radius 3 is 2.44 bits per heavy atom. The van der Waals surface area contributed by atoms with Crippen LogP contribution in [0.1, 0.15) is 30.5 Å². The van der Waals surface area contributed by atoms with Crippen LogP contribution in [-0.2, 0) is 19.3 Å². The number of anilines is 1. The third-order valence-corrected chi connectivity index (χ3v) is 4.18. The normalized spacial score (nSPS) is 11.4. The zero-order valence-corrected chi connectivity index (χ0v) is 15.2. The fraction of sp³-hybridized carbons (Fsp3) is 0.350. The summed E-state index contributed by atoms with van der Waals surface area (Å²) in [7, 11) is 1.54. The number of ether oxygens (including phenoxy) is 1. The Bertz CT molecular complexity index is 719. The standard InChI is InChI=1S/C20H27N3O2/c1-4-15-7-6-8-16(5-2)19(15)23-20(21)22-12-11-14-9-10-17(24)18(13-14)25-3/h6-10,13,24H,4-5,11-12H2,1-3H3,(H3,21,22,23). The van der Waals surface area contributed by atoms with Gasteiger partial charge in [0.25, 0.3) is 0 Å². The number of nitrogens with two attached hydrogens (primary N) is 1. The van der Waals surface area contributed by atoms with E-state index in [0.717, 1.165) is 30.5 Å². The molecule has 5 nitrogen and oxygen atoms in total. The van der Waals surface area contributed by atoms with Crippen molar-refractivity contribution >= 4 is 11.6 Å². The minimum Gasteiger partial charge on any atom is -0.504 e. The number of nitrogens with one attached hydrogen (secondary N) is 1. The first-order valence-corrected chi connectivity index (χ1v) is 8.62. The number of guanidine groups is 1. The Hall–Kier alpha value is -2.69. The van der Waals surface area contributed by atoms with Gasteiger partial charge in [-0.2, -0.15) is 0 Å². The molecule has 2 rings (SSSR count). The van der Waals surface area contributed by atoms with E-state index in [0.29, 0.717) is 18.3 Å². The fourth-order valence-corrected chi connectivity index (χ4v) is 2.75. The largest absolute Gasteiger partial charge is 0.504 e. The van der Waals surface area contributed by atoms with Gasteiger partial charge in [-0.25, -0.2) is 0 Å². The van der Waals surface area contributed by atoms with Gasteiger partial charge >= 0.3 is 0 Å². The molecule has 0 aromatic heterocycles. The lowest BCUT2D eigenvalue weighted by molar-refractivity contribution is 0.373. The smallest absolute Gasteiger partial charge is 0.193 e. The average molecular weight is 341 g/mol. The second-order valence-electron chi connectivity index (χ2n) is 5.81. The average Bonchev–Trinajstić information content (AvgIpc) is 2.63. The van der Waals surface area contributed by atoms with Gasteiger partial charge in [-0.3, -0.25) is 4.99 Å². The van der Waals surface area contributed by atoms with Gasteiger partial charge in [0.1, 0.15) is 0 Å². The topological polar surface area (TPSA) is 79.9 Å². The number of aliphatic imine (C=N–C) groups is 1. The minimum absolute atomic E-state index is 0.138. The van der Waals surface area contributed by atoms with Crippen LogP contribution in [0.5, 0.6) is 11.5 Å². The highest BCUT2D eigenvalue weighted by Crippen LogP contribution is 2.26. The number of hydrogen-bond donors (Lipinski definition) is 3. The van der Waals surface area contributed by atoms with Crippen molar-refractivity contribution in [2.75, 3.05) is 19.0 Å². The zero-order chi connectivity index (χ0) is 18.2. The molecule has 0 aliphatic heterocycles. The number of hydrogen-bond acceptors (Lipinski definition) is 3. The summed E-state index contributed by atoms with van der Waals surface area (Å²) >= 11 is 0. The van der Waals surface area contributed by atoms with Crippen LogP contribution in [-0.4, -0.2) is 24.7 Å². The highest BCUT2D eigenvalue weighted by atomic mass is 16.5. The highest BCUT2D eigenvalue weighted by Gasteiger charge is 2.07. The van der Waals surface area contributed by atoms with E-state index in [1.165, 1.54) is 18.2 Å². The number of methoxy groups -OCH3 is 1. The Kier molecular flexibility index (Phi) is 6.69. The van der Waals surface area contributed by atoms with Crippen molar-refractivity contribution in [1.82, 2.24) is 0 Å². The van der Waals surface area contributed by atoms with Crippen LogP contribution in [0.2, 0.25) is 0 Å². The van der Waals surface area contributed by atoms with Crippen molar-refractivity contribution in [3.63, 3.8) is 0 Å². The third kappa shape index (κ3) is 4.89. The van der Waals surface area contributed by atoms with Gasteiger partial charge in [0, 0.05) is 12.2 Å². The van der Waals surface area contributed by atoms with Crippen molar-refractivity contribution in [2.24, 2.45) is 10.7 Å². The molecule has 0 amide bonds. The summed E-state index contributed by atoms with van der Waals surface area (Å²) in [6.07, 6.45) is 2.60. The maximum absolute atomic E-state index is 9.63. The van der Waals surface area contributed by atoms with Crippen LogP contribution in [0.25, 0.3) is 0 Å². The van der Waals surface area contributed by atoms with Crippen molar-refractivity contribution in [3.05, 3.63) is 53.1 Å². The van der Waals surface area contributed by atoms with Crippen molar-refractivity contribution in [2.45, 2.75) is 33.1 Å². The second-order valence-corrected chi connectivity index (χ2v) is 5.81. The lowest BCUT2D eigenvalue weighted by atomic mass is 10.0. The molecule has 0 fully saturated rings. The number of rotatable bonds is 7. The molecule has 0 saturated carbocycles. The third-order valence-electron chi connectivity index (χ3n) is 4.18. The van der Waals surface area contributed by atoms with Crippen molar-refractivity contribution in [1.29, 1.82) is 0 Å². The maximum Gasteiger partial charge on any atom is 0.193 e. The number of nitrogens with zero attached hydrogens (tertiary/aromatic N) is 1. The van der Waals surface area contributed by atoms with E-state index < -0.39 is 0 Å². The number of phenolic OH excluding ortho intramolecular Hbond substituents is 1. The summed E-state index contributed by atoms with van der Waals surface area (Å²) in [4.78, 5) is 4.42. The van der Waals surface area contributed by atoms with Gasteiger partial charge in [-0.05, 0) is 48.1 Å². The number of aryl methyl sites for hydroxylation is 2. The molecule has 0 spiro atoms. The first-order valence-electron chi connectivity index (χ1n) is 8.62. The predicted octanol–water partition coefficient (Wildman–Crippen LogP) is 3.49. The summed E-state index contributed by atoms with van der Waals surface area (Å²) in [6, 6.07) is 11.6. The Morgan fingerprint density at radius 1 is 1.16 bits per heavy atom. The first-order chi connectivity index (χ1) is 12.1. The lowest BCUT2D eigenvalue weighted by Gasteiger charge is -2.14. The summed E-state index contributed by atoms with van der Waals surface area (Å²) in [5, 5.41) is 12.9. The number of aromatic hydroxyl groups is 1. The van der Waals surface area contributed by atoms with Crippen LogP contribution in [0.4, 0.5) is 5.69 Å². The summed E-state index contributed by atoms with van der Waals surface area (Å²) in [5.74, 6) is 1.03. The van der Waals surface area contributed by atoms with Crippen LogP contribution < -0.4 is 15.8 Å². The molecule has 0 bridgehead atoms. The molecule has 0 radical (unpaired) electrons. The van der Waals surface area contributed by atoms with E-state index in [1.807, 2.05) is 12.1 Å². The van der Waals surface area contributed by atoms with Gasteiger partial charge in [0.2, 0.25) is 0 Å². The molecular weight excluding hydrogens is 314 g/mol. The molecule has 0 aliphatic rings. The molecule has 25 heavy (non-hydrogen) atoms. The molecule has 0 heterocycles. The molecule has 5 heteroatoms. The minimum atomic E-state index is 0.138. The van der Waals surface area contributed by atoms with Gasteiger partial charge in [-0.15, -0.1) is 0 Å². The predicted molar refractivity (Wildman–Crippen MR) is 104 cm³/mol. The Morgan fingerprint density at radius 2 is 1.84 bits per heavy atom. The van der Waals surface area contributed by atoms with E-state index in [1.54, 1.807) is 6.07 Å². The summed E-state index contributed by atoms with van der Waals surface area (Å²) in [6.45, 7) is 4.82. The fourth-order valence-electron chi connectivity index (χ4n) is 2.75. The molecule has 0 aliphatic carbocycles. The SMILES string of the molecule is CCc1cccc(CC)c1NC(N)=NCCc1ccc(O)c(OC)c1. The van der Waals surface area contributed by atoms with Crippen molar-refractivity contribution in [3.8, 4) is 11.5 Å².